The fourth-order valence-corrected chi connectivity index (χ4v) is 2.94. The van der Waals surface area contributed by atoms with Gasteiger partial charge >= 0.3 is 0 Å². The molecule has 0 amide bonds. The van der Waals surface area contributed by atoms with E-state index in [0.717, 1.165) is 12.8 Å². The second kappa shape index (κ2) is 2.87. The average Bonchev–Trinajstić information content (AvgIpc) is 2.62. The Hall–Kier alpha value is -0.310. The standard InChI is InChI=1S/C9H11BrO2/c10-8(9(11)12)7-4-5-1-2-6(7)3-5/h1-2,5-8H,3-4H2,(H,11,12)/p-1. The fourth-order valence-electron chi connectivity index (χ4n) is 2.33. The lowest BCUT2D eigenvalue weighted by Crippen LogP contribution is -2.37. The lowest BCUT2D eigenvalue weighted by molar-refractivity contribution is -0.305. The predicted molar refractivity (Wildman–Crippen MR) is 46.6 cm³/mol. The molecular weight excluding hydrogens is 220 g/mol. The Labute approximate surface area is 79.8 Å². The molecule has 0 heterocycles. The monoisotopic (exact) mass is 229 g/mol. The van der Waals surface area contributed by atoms with Gasteiger partial charge in [-0.25, -0.2) is 0 Å². The predicted octanol–water partition coefficient (Wildman–Crippen LogP) is 0.712. The number of carbonyl (C=O) groups is 1. The lowest BCUT2D eigenvalue weighted by atomic mass is 9.91. The highest BCUT2D eigenvalue weighted by molar-refractivity contribution is 9.10. The summed E-state index contributed by atoms with van der Waals surface area (Å²) in [5.74, 6) is 0.377. The molecule has 2 aliphatic carbocycles. The molecule has 0 aromatic carbocycles. The second-order valence-electron chi connectivity index (χ2n) is 3.66. The lowest BCUT2D eigenvalue weighted by Gasteiger charge is -2.24. The van der Waals surface area contributed by atoms with Crippen LogP contribution in [0.15, 0.2) is 12.2 Å². The number of carboxylic acids is 1. The Kier molecular flexibility index (Phi) is 1.99. The number of aliphatic carboxylic acids is 1. The Bertz CT molecular complexity index is 237. The van der Waals surface area contributed by atoms with Crippen molar-refractivity contribution in [3.05, 3.63) is 12.2 Å². The smallest absolute Gasteiger partial charge is 0.0575 e. The van der Waals surface area contributed by atoms with Crippen molar-refractivity contribution in [2.24, 2.45) is 17.8 Å². The molecule has 1 saturated carbocycles. The molecule has 0 spiro atoms. The van der Waals surface area contributed by atoms with Crippen LogP contribution in [-0.2, 0) is 4.79 Å². The zero-order chi connectivity index (χ0) is 8.72. The van der Waals surface area contributed by atoms with Crippen LogP contribution >= 0.6 is 15.9 Å². The van der Waals surface area contributed by atoms with Gasteiger partial charge in [-0.3, -0.25) is 0 Å². The first kappa shape index (κ1) is 8.30. The van der Waals surface area contributed by atoms with Crippen LogP contribution in [0.25, 0.3) is 0 Å². The van der Waals surface area contributed by atoms with Crippen LogP contribution in [0.5, 0.6) is 0 Å². The van der Waals surface area contributed by atoms with Crippen LogP contribution in [0, 0.1) is 17.8 Å². The molecule has 0 radical (unpaired) electrons. The van der Waals surface area contributed by atoms with Gasteiger partial charge < -0.3 is 9.90 Å². The Morgan fingerprint density at radius 1 is 1.50 bits per heavy atom. The van der Waals surface area contributed by atoms with Gasteiger partial charge in [-0.05, 0) is 30.6 Å². The first-order valence-corrected chi connectivity index (χ1v) is 5.13. The summed E-state index contributed by atoms with van der Waals surface area (Å²) in [6, 6.07) is 0. The van der Waals surface area contributed by atoms with Gasteiger partial charge in [0.05, 0.1) is 10.8 Å². The number of carbonyl (C=O) groups excluding carboxylic acids is 1. The van der Waals surface area contributed by atoms with Gasteiger partial charge in [0, 0.05) is 0 Å². The molecule has 3 heteroatoms. The van der Waals surface area contributed by atoms with Crippen molar-refractivity contribution in [1.29, 1.82) is 0 Å². The van der Waals surface area contributed by atoms with Crippen LogP contribution in [0.3, 0.4) is 0 Å². The SMILES string of the molecule is O=C([O-])C(Br)C1CC2C=CC1C2. The highest BCUT2D eigenvalue weighted by atomic mass is 79.9. The number of allylic oxidation sites excluding steroid dienone is 2. The summed E-state index contributed by atoms with van der Waals surface area (Å²) < 4.78 is 0. The number of fused-ring (bicyclic) bond motifs is 2. The Morgan fingerprint density at radius 3 is 2.67 bits per heavy atom. The molecular formula is C9H10BrO2-. The first-order valence-electron chi connectivity index (χ1n) is 4.21. The number of hydrogen-bond donors (Lipinski definition) is 0. The first-order chi connectivity index (χ1) is 5.68. The quantitative estimate of drug-likeness (QED) is 0.517. The maximum absolute atomic E-state index is 10.6. The molecule has 0 aromatic heterocycles. The number of rotatable bonds is 2. The number of halogens is 1. The van der Waals surface area contributed by atoms with Crippen molar-refractivity contribution in [1.82, 2.24) is 0 Å². The van der Waals surface area contributed by atoms with Crippen LogP contribution in [0.4, 0.5) is 0 Å². The molecule has 66 valence electrons. The fraction of sp³-hybridized carbons (Fsp3) is 0.667. The van der Waals surface area contributed by atoms with Crippen LogP contribution in [0.1, 0.15) is 12.8 Å². The minimum atomic E-state index is -0.971. The van der Waals surface area contributed by atoms with Crippen molar-refractivity contribution in [2.75, 3.05) is 0 Å². The molecule has 0 aliphatic heterocycles. The highest BCUT2D eigenvalue weighted by Gasteiger charge is 2.39. The highest BCUT2D eigenvalue weighted by Crippen LogP contribution is 2.46. The van der Waals surface area contributed by atoms with Crippen molar-refractivity contribution in [3.63, 3.8) is 0 Å². The molecule has 12 heavy (non-hydrogen) atoms. The molecule has 0 saturated heterocycles. The summed E-state index contributed by atoms with van der Waals surface area (Å²) in [6.45, 7) is 0. The van der Waals surface area contributed by atoms with Gasteiger partial charge in [-0.15, -0.1) is 0 Å². The molecule has 0 aromatic rings. The van der Waals surface area contributed by atoms with E-state index in [2.05, 4.69) is 28.1 Å². The third-order valence-electron chi connectivity index (χ3n) is 2.93. The van der Waals surface area contributed by atoms with E-state index in [1.54, 1.807) is 0 Å². The van der Waals surface area contributed by atoms with Crippen molar-refractivity contribution < 1.29 is 9.90 Å². The zero-order valence-corrected chi connectivity index (χ0v) is 8.16. The second-order valence-corrected chi connectivity index (χ2v) is 4.65. The number of carboxylic acid groups (broad SMARTS) is 1. The van der Waals surface area contributed by atoms with E-state index in [4.69, 9.17) is 0 Å². The molecule has 2 nitrogen and oxygen atoms in total. The van der Waals surface area contributed by atoms with Gasteiger partial charge in [-0.2, -0.15) is 0 Å². The Balaban J connectivity index is 2.07. The normalized spacial score (nSPS) is 40.2. The molecule has 0 N–H and O–H groups in total. The zero-order valence-electron chi connectivity index (χ0n) is 6.57. The maximum atomic E-state index is 10.6. The van der Waals surface area contributed by atoms with Gasteiger partial charge in [0.2, 0.25) is 0 Å². The molecule has 2 bridgehead atoms. The minimum Gasteiger partial charge on any atom is -0.549 e. The average molecular weight is 230 g/mol. The van der Waals surface area contributed by atoms with E-state index in [1.807, 2.05) is 0 Å². The Morgan fingerprint density at radius 2 is 2.25 bits per heavy atom. The van der Waals surface area contributed by atoms with E-state index in [0.29, 0.717) is 11.8 Å². The van der Waals surface area contributed by atoms with Crippen LogP contribution in [-0.4, -0.2) is 10.8 Å². The van der Waals surface area contributed by atoms with Crippen molar-refractivity contribution in [2.45, 2.75) is 17.7 Å². The summed E-state index contributed by atoms with van der Waals surface area (Å²) in [6.07, 6.45) is 6.50. The van der Waals surface area contributed by atoms with Gasteiger partial charge in [0.25, 0.3) is 0 Å². The summed E-state index contributed by atoms with van der Waals surface area (Å²) in [4.78, 5) is 10.1. The van der Waals surface area contributed by atoms with E-state index in [1.165, 1.54) is 0 Å². The largest absolute Gasteiger partial charge is 0.549 e. The van der Waals surface area contributed by atoms with Crippen molar-refractivity contribution >= 4 is 21.9 Å². The number of hydrogen-bond acceptors (Lipinski definition) is 2. The van der Waals surface area contributed by atoms with Crippen molar-refractivity contribution in [3.8, 4) is 0 Å². The van der Waals surface area contributed by atoms with E-state index < -0.39 is 10.8 Å². The van der Waals surface area contributed by atoms with E-state index >= 15 is 0 Å². The maximum Gasteiger partial charge on any atom is 0.0575 e. The van der Waals surface area contributed by atoms with E-state index in [9.17, 15) is 9.90 Å². The van der Waals surface area contributed by atoms with Gasteiger partial charge in [0.15, 0.2) is 0 Å². The topological polar surface area (TPSA) is 40.1 Å². The summed E-state index contributed by atoms with van der Waals surface area (Å²) in [7, 11) is 0. The summed E-state index contributed by atoms with van der Waals surface area (Å²) >= 11 is 3.17. The third-order valence-corrected chi connectivity index (χ3v) is 3.98. The third kappa shape index (κ3) is 1.20. The number of alkyl halides is 1. The molecule has 4 unspecified atom stereocenters. The molecule has 2 rings (SSSR count). The molecule has 4 atom stereocenters. The summed E-state index contributed by atoms with van der Waals surface area (Å²) in [5.41, 5.74) is 0. The molecule has 1 fully saturated rings. The van der Waals surface area contributed by atoms with Gasteiger partial charge in [0.1, 0.15) is 0 Å². The van der Waals surface area contributed by atoms with Gasteiger partial charge in [-0.1, -0.05) is 28.1 Å². The molecule has 2 aliphatic rings. The van der Waals surface area contributed by atoms with Crippen LogP contribution < -0.4 is 5.11 Å². The minimum absolute atomic E-state index is 0.255. The van der Waals surface area contributed by atoms with Crippen LogP contribution in [0.2, 0.25) is 0 Å². The van der Waals surface area contributed by atoms with E-state index in [-0.39, 0.29) is 5.92 Å². The summed E-state index contributed by atoms with van der Waals surface area (Å²) in [5, 5.41) is 10.6.